The molecule has 0 spiro atoms. The number of rotatable bonds is 6. The highest BCUT2D eigenvalue weighted by Gasteiger charge is 2.37. The van der Waals surface area contributed by atoms with E-state index in [1.54, 1.807) is 4.90 Å². The van der Waals surface area contributed by atoms with Gasteiger partial charge in [-0.2, -0.15) is 18.2 Å². The SMILES string of the molecule is CCc1cc(SNC)ccc1Nc1ncc(C(F)(F)F)c(N2CCCC(C)C2)n1. The van der Waals surface area contributed by atoms with Crippen LogP contribution in [0.25, 0.3) is 0 Å². The number of hydrogen-bond acceptors (Lipinski definition) is 6. The topological polar surface area (TPSA) is 53.1 Å². The van der Waals surface area contributed by atoms with Crippen LogP contribution in [-0.4, -0.2) is 30.1 Å². The average Bonchev–Trinajstić information content (AvgIpc) is 2.68. The van der Waals surface area contributed by atoms with Crippen LogP contribution in [0.1, 0.15) is 37.8 Å². The lowest BCUT2D eigenvalue weighted by Gasteiger charge is -2.33. The lowest BCUT2D eigenvalue weighted by molar-refractivity contribution is -0.137. The highest BCUT2D eigenvalue weighted by molar-refractivity contribution is 7.97. The largest absolute Gasteiger partial charge is 0.421 e. The molecule has 9 heteroatoms. The number of aryl methyl sites for hydroxylation is 1. The Kier molecular flexibility index (Phi) is 6.89. The Balaban J connectivity index is 1.93. The zero-order chi connectivity index (χ0) is 21.0. The Hall–Kier alpha value is -2.00. The molecule has 0 radical (unpaired) electrons. The molecule has 0 bridgehead atoms. The number of nitrogens with zero attached hydrogens (tertiary/aromatic N) is 3. The number of aromatic nitrogens is 2. The molecule has 1 fully saturated rings. The van der Waals surface area contributed by atoms with E-state index in [0.29, 0.717) is 19.0 Å². The van der Waals surface area contributed by atoms with Gasteiger partial charge in [0, 0.05) is 29.9 Å². The molecule has 29 heavy (non-hydrogen) atoms. The van der Waals surface area contributed by atoms with E-state index in [1.165, 1.54) is 11.9 Å². The van der Waals surface area contributed by atoms with E-state index >= 15 is 0 Å². The van der Waals surface area contributed by atoms with Crippen molar-refractivity contribution in [2.24, 2.45) is 5.92 Å². The van der Waals surface area contributed by atoms with E-state index in [9.17, 15) is 13.2 Å². The highest BCUT2D eigenvalue weighted by Crippen LogP contribution is 2.37. The first-order valence-corrected chi connectivity index (χ1v) is 10.6. The van der Waals surface area contributed by atoms with Crippen LogP contribution in [0, 0.1) is 5.92 Å². The van der Waals surface area contributed by atoms with E-state index in [4.69, 9.17) is 0 Å². The van der Waals surface area contributed by atoms with Gasteiger partial charge in [-0.1, -0.05) is 13.8 Å². The Morgan fingerprint density at radius 2 is 2.10 bits per heavy atom. The minimum Gasteiger partial charge on any atom is -0.356 e. The average molecular weight is 426 g/mol. The second kappa shape index (κ2) is 9.21. The molecular weight excluding hydrogens is 399 g/mol. The molecule has 1 aromatic carbocycles. The number of anilines is 3. The molecule has 2 N–H and O–H groups in total. The highest BCUT2D eigenvalue weighted by atomic mass is 32.2. The van der Waals surface area contributed by atoms with Gasteiger partial charge in [0.2, 0.25) is 5.95 Å². The van der Waals surface area contributed by atoms with Crippen LogP contribution >= 0.6 is 11.9 Å². The summed E-state index contributed by atoms with van der Waals surface area (Å²) in [4.78, 5) is 11.1. The third kappa shape index (κ3) is 5.33. The molecule has 1 aromatic heterocycles. The fraction of sp³-hybridized carbons (Fsp3) is 0.500. The summed E-state index contributed by atoms with van der Waals surface area (Å²) in [7, 11) is 1.85. The quantitative estimate of drug-likeness (QED) is 0.616. The van der Waals surface area contributed by atoms with Crippen LogP contribution in [-0.2, 0) is 12.6 Å². The molecule has 158 valence electrons. The maximum atomic E-state index is 13.6. The third-order valence-corrected chi connectivity index (χ3v) is 5.65. The molecule has 1 unspecified atom stereocenters. The van der Waals surface area contributed by atoms with Crippen LogP contribution in [0.15, 0.2) is 29.3 Å². The first-order valence-electron chi connectivity index (χ1n) is 9.74. The number of piperidine rings is 1. The lowest BCUT2D eigenvalue weighted by Crippen LogP contribution is -2.36. The molecule has 3 rings (SSSR count). The van der Waals surface area contributed by atoms with Crippen molar-refractivity contribution in [1.82, 2.24) is 14.7 Å². The predicted octanol–water partition coefficient (Wildman–Crippen LogP) is 5.26. The van der Waals surface area contributed by atoms with Crippen molar-refractivity contribution in [3.05, 3.63) is 35.5 Å². The molecule has 1 aliphatic heterocycles. The first-order chi connectivity index (χ1) is 13.8. The van der Waals surface area contributed by atoms with E-state index in [1.807, 2.05) is 32.2 Å². The smallest absolute Gasteiger partial charge is 0.356 e. The van der Waals surface area contributed by atoms with Gasteiger partial charge >= 0.3 is 6.18 Å². The summed E-state index contributed by atoms with van der Waals surface area (Å²) in [5.74, 6) is 0.469. The molecule has 0 amide bonds. The summed E-state index contributed by atoms with van der Waals surface area (Å²) >= 11 is 1.51. The Bertz CT molecular complexity index is 843. The molecule has 2 heterocycles. The van der Waals surface area contributed by atoms with Gasteiger partial charge in [0.1, 0.15) is 11.4 Å². The zero-order valence-electron chi connectivity index (χ0n) is 16.8. The van der Waals surface area contributed by atoms with Gasteiger partial charge in [-0.05, 0) is 67.9 Å². The molecule has 5 nitrogen and oxygen atoms in total. The summed E-state index contributed by atoms with van der Waals surface area (Å²) in [5.41, 5.74) is 1.06. The maximum Gasteiger partial charge on any atom is 0.421 e. The second-order valence-corrected chi connectivity index (χ2v) is 8.31. The molecule has 0 saturated carbocycles. The molecule has 1 atom stereocenters. The molecule has 2 aromatic rings. The first kappa shape index (κ1) is 21.7. The number of halogens is 3. The Labute approximate surface area is 173 Å². The van der Waals surface area contributed by atoms with Gasteiger partial charge in [0.05, 0.1) is 0 Å². The monoisotopic (exact) mass is 425 g/mol. The number of hydrogen-bond donors (Lipinski definition) is 2. The molecular formula is C20H26F3N5S. The van der Waals surface area contributed by atoms with Crippen LogP contribution in [0.4, 0.5) is 30.6 Å². The van der Waals surface area contributed by atoms with Crippen molar-refractivity contribution < 1.29 is 13.2 Å². The summed E-state index contributed by atoms with van der Waals surface area (Å²) in [6.45, 7) is 5.22. The third-order valence-electron chi connectivity index (χ3n) is 4.95. The van der Waals surface area contributed by atoms with Crippen LogP contribution in [0.3, 0.4) is 0 Å². The van der Waals surface area contributed by atoms with Crippen LogP contribution in [0.5, 0.6) is 0 Å². The summed E-state index contributed by atoms with van der Waals surface area (Å²) in [5, 5.41) is 3.12. The van der Waals surface area contributed by atoms with Gasteiger partial charge in [-0.15, -0.1) is 0 Å². The fourth-order valence-corrected chi connectivity index (χ4v) is 4.12. The van der Waals surface area contributed by atoms with E-state index in [2.05, 4.69) is 26.9 Å². The normalized spacial score (nSPS) is 17.4. The Morgan fingerprint density at radius 1 is 1.31 bits per heavy atom. The summed E-state index contributed by atoms with van der Waals surface area (Å²) in [6, 6.07) is 5.89. The number of benzene rings is 1. The predicted molar refractivity (Wildman–Crippen MR) is 112 cm³/mol. The van der Waals surface area contributed by atoms with Crippen molar-refractivity contribution >= 4 is 29.4 Å². The molecule has 0 aliphatic carbocycles. The maximum absolute atomic E-state index is 13.6. The van der Waals surface area contributed by atoms with Crippen molar-refractivity contribution in [1.29, 1.82) is 0 Å². The fourth-order valence-electron chi connectivity index (χ4n) is 3.54. The van der Waals surface area contributed by atoms with Gasteiger partial charge in [-0.3, -0.25) is 4.72 Å². The van der Waals surface area contributed by atoms with Crippen LogP contribution in [0.2, 0.25) is 0 Å². The minimum atomic E-state index is -4.49. The van der Waals surface area contributed by atoms with Crippen molar-refractivity contribution in [2.45, 2.75) is 44.2 Å². The number of alkyl halides is 3. The van der Waals surface area contributed by atoms with Crippen molar-refractivity contribution in [3.63, 3.8) is 0 Å². The number of nitrogens with one attached hydrogen (secondary N) is 2. The van der Waals surface area contributed by atoms with Gasteiger partial charge in [-0.25, -0.2) is 4.98 Å². The zero-order valence-corrected chi connectivity index (χ0v) is 17.6. The minimum absolute atomic E-state index is 0.0399. The molecule has 1 aliphatic rings. The van der Waals surface area contributed by atoms with E-state index in [-0.39, 0.29) is 11.8 Å². The lowest BCUT2D eigenvalue weighted by atomic mass is 10.00. The van der Waals surface area contributed by atoms with Gasteiger partial charge in [0.25, 0.3) is 0 Å². The molecule has 1 saturated heterocycles. The van der Waals surface area contributed by atoms with Crippen LogP contribution < -0.4 is 14.9 Å². The standard InChI is InChI=1S/C20H26F3N5S/c1-4-14-10-15(29-24-3)7-8-17(14)26-19-25-11-16(20(21,22)23)18(27-19)28-9-5-6-13(2)12-28/h7-8,10-11,13,24H,4-6,9,12H2,1-3H3,(H,25,26,27). The summed E-state index contributed by atoms with van der Waals surface area (Å²) in [6.07, 6.45) is -0.950. The van der Waals surface area contributed by atoms with E-state index < -0.39 is 11.7 Å². The van der Waals surface area contributed by atoms with Crippen molar-refractivity contribution in [2.75, 3.05) is 30.4 Å². The Morgan fingerprint density at radius 3 is 2.76 bits per heavy atom. The van der Waals surface area contributed by atoms with E-state index in [0.717, 1.165) is 41.6 Å². The van der Waals surface area contributed by atoms with Gasteiger partial charge in [0.15, 0.2) is 0 Å². The van der Waals surface area contributed by atoms with Gasteiger partial charge < -0.3 is 10.2 Å². The summed E-state index contributed by atoms with van der Waals surface area (Å²) < 4.78 is 43.7. The van der Waals surface area contributed by atoms with Crippen molar-refractivity contribution in [3.8, 4) is 0 Å². The second-order valence-electron chi connectivity index (χ2n) is 7.23.